The van der Waals surface area contributed by atoms with Crippen LogP contribution in [0.25, 0.3) is 0 Å². The van der Waals surface area contributed by atoms with Gasteiger partial charge in [-0.05, 0) is 47.5 Å². The Morgan fingerprint density at radius 3 is 2.50 bits per heavy atom. The van der Waals surface area contributed by atoms with Gasteiger partial charge in [-0.2, -0.15) is 0 Å². The Hall–Kier alpha value is -2.08. The second-order valence-corrected chi connectivity index (χ2v) is 6.82. The zero-order valence-corrected chi connectivity index (χ0v) is 15.1. The minimum absolute atomic E-state index is 0.130. The van der Waals surface area contributed by atoms with Crippen LogP contribution >= 0.6 is 15.9 Å². The fraction of sp³-hybridized carbons (Fsp3) is 0.278. The molecule has 0 aliphatic carbocycles. The molecule has 0 radical (unpaired) electrons. The first-order valence-corrected chi connectivity index (χ1v) is 8.20. The van der Waals surface area contributed by atoms with Crippen molar-refractivity contribution in [2.24, 2.45) is 5.73 Å². The Bertz CT molecular complexity index is 720. The third-order valence-electron chi connectivity index (χ3n) is 3.37. The van der Waals surface area contributed by atoms with Crippen LogP contribution in [-0.2, 0) is 17.8 Å². The number of halogens is 2. The fourth-order valence-electron chi connectivity index (χ4n) is 2.34. The molecule has 0 aliphatic heterocycles. The number of hydrogen-bond donors (Lipinski definition) is 1. The summed E-state index contributed by atoms with van der Waals surface area (Å²) in [6.07, 6.45) is -0.770. The Kier molecular flexibility index (Phi) is 5.83. The van der Waals surface area contributed by atoms with Crippen LogP contribution in [0.4, 0.5) is 9.18 Å². The van der Waals surface area contributed by atoms with E-state index in [0.717, 1.165) is 5.56 Å². The zero-order chi connectivity index (χ0) is 17.7. The lowest BCUT2D eigenvalue weighted by Gasteiger charge is -2.25. The maximum absolute atomic E-state index is 14.6. The van der Waals surface area contributed by atoms with Gasteiger partial charge in [-0.1, -0.05) is 30.3 Å². The molecule has 24 heavy (non-hydrogen) atoms. The molecule has 2 aromatic rings. The van der Waals surface area contributed by atoms with E-state index >= 15 is 0 Å². The van der Waals surface area contributed by atoms with Crippen molar-refractivity contribution < 1.29 is 18.7 Å². The SMILES string of the molecule is CC(C)(Cc1c(OCc2ccccc2)ccc(Br)c1F)OC(N)=O. The number of carbonyl (C=O) groups excluding carboxylic acids is 1. The molecule has 0 atom stereocenters. The number of rotatable bonds is 6. The molecule has 2 rings (SSSR count). The van der Waals surface area contributed by atoms with Crippen molar-refractivity contribution in [1.29, 1.82) is 0 Å². The average molecular weight is 396 g/mol. The average Bonchev–Trinajstić information content (AvgIpc) is 2.51. The monoisotopic (exact) mass is 395 g/mol. The third-order valence-corrected chi connectivity index (χ3v) is 3.98. The van der Waals surface area contributed by atoms with Crippen molar-refractivity contribution in [2.75, 3.05) is 0 Å². The van der Waals surface area contributed by atoms with Gasteiger partial charge in [0.05, 0.1) is 4.47 Å². The van der Waals surface area contributed by atoms with Crippen molar-refractivity contribution >= 4 is 22.0 Å². The van der Waals surface area contributed by atoms with Crippen LogP contribution in [0, 0.1) is 5.82 Å². The summed E-state index contributed by atoms with van der Waals surface area (Å²) in [7, 11) is 0. The van der Waals surface area contributed by atoms with Crippen LogP contribution in [0.1, 0.15) is 25.0 Å². The van der Waals surface area contributed by atoms with E-state index in [9.17, 15) is 9.18 Å². The number of amides is 1. The number of ether oxygens (including phenoxy) is 2. The van der Waals surface area contributed by atoms with Gasteiger partial charge in [0.1, 0.15) is 23.8 Å². The summed E-state index contributed by atoms with van der Waals surface area (Å²) in [6.45, 7) is 3.64. The molecule has 2 N–H and O–H groups in total. The first-order chi connectivity index (χ1) is 11.3. The minimum Gasteiger partial charge on any atom is -0.489 e. The van der Waals surface area contributed by atoms with Crippen molar-refractivity contribution in [2.45, 2.75) is 32.5 Å². The zero-order valence-electron chi connectivity index (χ0n) is 13.5. The molecule has 6 heteroatoms. The maximum Gasteiger partial charge on any atom is 0.405 e. The van der Waals surface area contributed by atoms with Crippen LogP contribution < -0.4 is 10.5 Å². The van der Waals surface area contributed by atoms with E-state index in [1.807, 2.05) is 30.3 Å². The topological polar surface area (TPSA) is 61.6 Å². The molecule has 0 aliphatic rings. The number of hydrogen-bond acceptors (Lipinski definition) is 3. The Balaban J connectivity index is 2.25. The Labute approximate surface area is 148 Å². The van der Waals surface area contributed by atoms with E-state index in [0.29, 0.717) is 22.4 Å². The van der Waals surface area contributed by atoms with Crippen molar-refractivity contribution in [3.63, 3.8) is 0 Å². The fourth-order valence-corrected chi connectivity index (χ4v) is 2.72. The molecule has 128 valence electrons. The van der Waals surface area contributed by atoms with Gasteiger partial charge in [-0.25, -0.2) is 9.18 Å². The van der Waals surface area contributed by atoms with Gasteiger partial charge in [0.15, 0.2) is 0 Å². The summed E-state index contributed by atoms with van der Waals surface area (Å²) in [5.74, 6) is -0.0394. The van der Waals surface area contributed by atoms with Crippen LogP contribution in [-0.4, -0.2) is 11.7 Å². The lowest BCUT2D eigenvalue weighted by molar-refractivity contribution is 0.0447. The van der Waals surface area contributed by atoms with Crippen LogP contribution in [0.5, 0.6) is 5.75 Å². The molecular weight excluding hydrogens is 377 g/mol. The molecule has 0 spiro atoms. The highest BCUT2D eigenvalue weighted by Gasteiger charge is 2.27. The highest BCUT2D eigenvalue weighted by Crippen LogP contribution is 2.32. The number of carbonyl (C=O) groups is 1. The molecule has 0 aromatic heterocycles. The predicted octanol–water partition coefficient (Wildman–Crippen LogP) is 4.58. The molecule has 0 heterocycles. The van der Waals surface area contributed by atoms with Crippen molar-refractivity contribution in [1.82, 2.24) is 0 Å². The standard InChI is InChI=1S/C18H19BrFNO3/c1-18(2,24-17(21)22)10-13-15(9-8-14(19)16(13)20)23-11-12-6-4-3-5-7-12/h3-9H,10-11H2,1-2H3,(H2,21,22). The summed E-state index contributed by atoms with van der Waals surface area (Å²) in [4.78, 5) is 11.0. The number of primary amides is 1. The molecule has 2 aromatic carbocycles. The van der Waals surface area contributed by atoms with E-state index < -0.39 is 17.5 Å². The van der Waals surface area contributed by atoms with Crippen molar-refractivity contribution in [3.8, 4) is 5.75 Å². The lowest BCUT2D eigenvalue weighted by Crippen LogP contribution is -2.33. The molecule has 0 saturated carbocycles. The summed E-state index contributed by atoms with van der Waals surface area (Å²) >= 11 is 3.17. The number of nitrogens with two attached hydrogens (primary N) is 1. The van der Waals surface area contributed by atoms with Crippen LogP contribution in [0.15, 0.2) is 46.9 Å². The summed E-state index contributed by atoms with van der Waals surface area (Å²) in [6, 6.07) is 12.9. The smallest absolute Gasteiger partial charge is 0.405 e. The van der Waals surface area contributed by atoms with Crippen molar-refractivity contribution in [3.05, 3.63) is 63.9 Å². The third kappa shape index (κ3) is 4.96. The van der Waals surface area contributed by atoms with Gasteiger partial charge < -0.3 is 15.2 Å². The Morgan fingerprint density at radius 2 is 1.88 bits per heavy atom. The first-order valence-electron chi connectivity index (χ1n) is 7.40. The highest BCUT2D eigenvalue weighted by atomic mass is 79.9. The first kappa shape index (κ1) is 18.3. The van der Waals surface area contributed by atoms with Gasteiger partial charge in [0.2, 0.25) is 0 Å². The summed E-state index contributed by atoms with van der Waals surface area (Å²) in [5.41, 5.74) is 5.41. The largest absolute Gasteiger partial charge is 0.489 e. The molecule has 0 saturated heterocycles. The molecule has 4 nitrogen and oxygen atoms in total. The normalized spacial score (nSPS) is 11.2. The molecule has 1 amide bonds. The molecular formula is C18H19BrFNO3. The molecule has 0 fully saturated rings. The second kappa shape index (κ2) is 7.66. The molecule has 0 bridgehead atoms. The van der Waals surface area contributed by atoms with Gasteiger partial charge in [-0.15, -0.1) is 0 Å². The second-order valence-electron chi connectivity index (χ2n) is 5.97. The van der Waals surface area contributed by atoms with Gasteiger partial charge >= 0.3 is 6.09 Å². The predicted molar refractivity (Wildman–Crippen MR) is 93.3 cm³/mol. The van der Waals surface area contributed by atoms with E-state index in [-0.39, 0.29) is 6.42 Å². The van der Waals surface area contributed by atoms with E-state index in [2.05, 4.69) is 15.9 Å². The summed E-state index contributed by atoms with van der Waals surface area (Å²) in [5, 5.41) is 0. The van der Waals surface area contributed by atoms with E-state index in [1.165, 1.54) is 0 Å². The Morgan fingerprint density at radius 1 is 1.21 bits per heavy atom. The minimum atomic E-state index is -0.960. The van der Waals surface area contributed by atoms with E-state index in [4.69, 9.17) is 15.2 Å². The van der Waals surface area contributed by atoms with Crippen LogP contribution in [0.3, 0.4) is 0 Å². The lowest BCUT2D eigenvalue weighted by atomic mass is 9.97. The highest BCUT2D eigenvalue weighted by molar-refractivity contribution is 9.10. The van der Waals surface area contributed by atoms with Gasteiger partial charge in [-0.3, -0.25) is 0 Å². The summed E-state index contributed by atoms with van der Waals surface area (Å²) < 4.78 is 25.7. The van der Waals surface area contributed by atoms with Gasteiger partial charge in [0, 0.05) is 12.0 Å². The van der Waals surface area contributed by atoms with Crippen LogP contribution in [0.2, 0.25) is 0 Å². The maximum atomic E-state index is 14.6. The quantitative estimate of drug-likeness (QED) is 0.778. The van der Waals surface area contributed by atoms with E-state index in [1.54, 1.807) is 26.0 Å². The molecule has 0 unspecified atom stereocenters. The van der Waals surface area contributed by atoms with Gasteiger partial charge in [0.25, 0.3) is 0 Å². The number of benzene rings is 2.